The van der Waals surface area contributed by atoms with Crippen LogP contribution < -0.4 is 15.0 Å². The molecule has 6 nitrogen and oxygen atoms in total. The average molecular weight is 464 g/mol. The van der Waals surface area contributed by atoms with Crippen molar-refractivity contribution in [2.75, 3.05) is 11.5 Å². The largest absolute Gasteiger partial charge is 0.492 e. The fourth-order valence-corrected chi connectivity index (χ4v) is 3.51. The second-order valence-electron chi connectivity index (χ2n) is 6.01. The molecule has 1 aliphatic rings. The van der Waals surface area contributed by atoms with Gasteiger partial charge in [0.1, 0.15) is 11.3 Å². The van der Waals surface area contributed by atoms with Gasteiger partial charge in [-0.2, -0.15) is 0 Å². The van der Waals surface area contributed by atoms with Gasteiger partial charge in [-0.25, -0.2) is 9.69 Å². The molecule has 4 amide bonds. The second kappa shape index (κ2) is 8.16. The Kier molecular flexibility index (Phi) is 5.86. The van der Waals surface area contributed by atoms with Crippen molar-refractivity contribution in [1.82, 2.24) is 5.32 Å². The monoisotopic (exact) mass is 462 g/mol. The molecule has 1 saturated heterocycles. The number of amides is 4. The summed E-state index contributed by atoms with van der Waals surface area (Å²) in [6.45, 7) is 4.07. The van der Waals surface area contributed by atoms with E-state index >= 15 is 0 Å². The van der Waals surface area contributed by atoms with E-state index in [1.54, 1.807) is 43.3 Å². The first-order chi connectivity index (χ1) is 13.3. The second-order valence-corrected chi connectivity index (χ2v) is 7.33. The first-order valence-corrected chi connectivity index (χ1v) is 9.59. The minimum absolute atomic E-state index is 0.165. The topological polar surface area (TPSA) is 75.7 Å². The first-order valence-electron chi connectivity index (χ1n) is 8.41. The Morgan fingerprint density at radius 1 is 1.18 bits per heavy atom. The summed E-state index contributed by atoms with van der Waals surface area (Å²) in [5.74, 6) is -0.955. The Morgan fingerprint density at radius 3 is 2.57 bits per heavy atom. The van der Waals surface area contributed by atoms with Crippen LogP contribution >= 0.6 is 27.5 Å². The highest BCUT2D eigenvalue weighted by Gasteiger charge is 2.37. The fraction of sp³-hybridized carbons (Fsp3) is 0.150. The summed E-state index contributed by atoms with van der Waals surface area (Å²) in [4.78, 5) is 38.5. The molecular formula is C20H16BrClN2O4. The van der Waals surface area contributed by atoms with Crippen LogP contribution in [0.25, 0.3) is 6.08 Å². The number of hydrogen-bond acceptors (Lipinski definition) is 4. The molecule has 0 spiro atoms. The fourth-order valence-electron chi connectivity index (χ4n) is 2.79. The van der Waals surface area contributed by atoms with Gasteiger partial charge in [-0.15, -0.1) is 0 Å². The summed E-state index contributed by atoms with van der Waals surface area (Å²) in [5, 5.41) is 2.56. The number of anilines is 1. The highest BCUT2D eigenvalue weighted by atomic mass is 79.9. The Bertz CT molecular complexity index is 1020. The van der Waals surface area contributed by atoms with Crippen LogP contribution in [-0.4, -0.2) is 24.5 Å². The number of urea groups is 1. The van der Waals surface area contributed by atoms with Gasteiger partial charge < -0.3 is 4.74 Å². The zero-order valence-electron chi connectivity index (χ0n) is 15.1. The van der Waals surface area contributed by atoms with E-state index in [0.717, 1.165) is 9.37 Å². The van der Waals surface area contributed by atoms with Crippen molar-refractivity contribution in [3.8, 4) is 5.75 Å². The van der Waals surface area contributed by atoms with Crippen molar-refractivity contribution in [3.63, 3.8) is 0 Å². The summed E-state index contributed by atoms with van der Waals surface area (Å²) < 4.78 is 6.19. The first kappa shape index (κ1) is 20.1. The molecule has 1 N–H and O–H groups in total. The van der Waals surface area contributed by atoms with E-state index in [1.165, 1.54) is 6.08 Å². The Labute approximate surface area is 175 Å². The molecule has 8 heteroatoms. The van der Waals surface area contributed by atoms with Crippen LogP contribution in [0.4, 0.5) is 10.5 Å². The minimum Gasteiger partial charge on any atom is -0.492 e. The van der Waals surface area contributed by atoms with E-state index in [-0.39, 0.29) is 5.57 Å². The number of imide groups is 2. The van der Waals surface area contributed by atoms with E-state index in [1.807, 2.05) is 6.92 Å². The Morgan fingerprint density at radius 2 is 1.93 bits per heavy atom. The number of carbonyl (C=O) groups excluding carboxylic acids is 3. The van der Waals surface area contributed by atoms with Crippen LogP contribution in [0, 0.1) is 6.92 Å². The number of ether oxygens (including phenoxy) is 1. The molecule has 1 aliphatic heterocycles. The molecule has 0 aromatic heterocycles. The van der Waals surface area contributed by atoms with Crippen molar-refractivity contribution >= 4 is 57.1 Å². The van der Waals surface area contributed by atoms with Gasteiger partial charge in [0.15, 0.2) is 0 Å². The summed E-state index contributed by atoms with van der Waals surface area (Å²) in [5.41, 5.74) is 1.47. The number of nitrogens with zero attached hydrogens (tertiary/aromatic N) is 1. The predicted molar refractivity (Wildman–Crippen MR) is 111 cm³/mol. The molecule has 28 heavy (non-hydrogen) atoms. The zero-order chi connectivity index (χ0) is 20.4. The maximum atomic E-state index is 12.9. The number of benzene rings is 2. The van der Waals surface area contributed by atoms with Gasteiger partial charge in [-0.1, -0.05) is 33.6 Å². The van der Waals surface area contributed by atoms with E-state index in [2.05, 4.69) is 21.2 Å². The standard InChI is InChI=1S/C20H16BrClN2O4/c1-3-28-17-7-4-12(10-15(17)22)9-14-18(25)23-20(27)24(19(14)26)16-6-5-13(21)8-11(16)2/h4-10H,3H2,1-2H3,(H,23,25,27)/b14-9+. The lowest BCUT2D eigenvalue weighted by atomic mass is 10.1. The number of barbiturate groups is 1. The summed E-state index contributed by atoms with van der Waals surface area (Å²) in [6, 6.07) is 9.27. The average Bonchev–Trinajstić information content (AvgIpc) is 2.62. The zero-order valence-corrected chi connectivity index (χ0v) is 17.4. The predicted octanol–water partition coefficient (Wildman–Crippen LogP) is 4.48. The molecule has 3 rings (SSSR count). The highest BCUT2D eigenvalue weighted by molar-refractivity contribution is 9.10. The van der Waals surface area contributed by atoms with Gasteiger partial charge in [0.25, 0.3) is 11.8 Å². The molecule has 1 heterocycles. The van der Waals surface area contributed by atoms with Gasteiger partial charge in [-0.3, -0.25) is 14.9 Å². The van der Waals surface area contributed by atoms with Crippen molar-refractivity contribution in [2.45, 2.75) is 13.8 Å². The van der Waals surface area contributed by atoms with Crippen LogP contribution in [0.5, 0.6) is 5.75 Å². The normalized spacial score (nSPS) is 15.8. The molecule has 0 unspecified atom stereocenters. The lowest BCUT2D eigenvalue weighted by molar-refractivity contribution is -0.122. The number of nitrogens with one attached hydrogen (secondary N) is 1. The van der Waals surface area contributed by atoms with Gasteiger partial charge in [-0.05, 0) is 61.4 Å². The van der Waals surface area contributed by atoms with Gasteiger partial charge >= 0.3 is 6.03 Å². The molecule has 0 bridgehead atoms. The maximum Gasteiger partial charge on any atom is 0.335 e. The van der Waals surface area contributed by atoms with Crippen molar-refractivity contribution in [3.05, 3.63) is 62.6 Å². The van der Waals surface area contributed by atoms with Crippen molar-refractivity contribution < 1.29 is 19.1 Å². The molecule has 0 radical (unpaired) electrons. The molecule has 0 atom stereocenters. The van der Waals surface area contributed by atoms with Crippen molar-refractivity contribution in [2.24, 2.45) is 0 Å². The minimum atomic E-state index is -0.790. The summed E-state index contributed by atoms with van der Waals surface area (Å²) in [7, 11) is 0. The van der Waals surface area contributed by atoms with E-state index in [4.69, 9.17) is 16.3 Å². The van der Waals surface area contributed by atoms with E-state index < -0.39 is 17.8 Å². The third kappa shape index (κ3) is 3.95. The number of halogens is 2. The van der Waals surface area contributed by atoms with Crippen LogP contribution in [0.1, 0.15) is 18.1 Å². The summed E-state index contributed by atoms with van der Waals surface area (Å²) in [6.07, 6.45) is 1.40. The molecular weight excluding hydrogens is 448 g/mol. The lowest BCUT2D eigenvalue weighted by Crippen LogP contribution is -2.54. The molecule has 144 valence electrons. The van der Waals surface area contributed by atoms with Gasteiger partial charge in [0, 0.05) is 4.47 Å². The number of carbonyl (C=O) groups is 3. The van der Waals surface area contributed by atoms with Crippen LogP contribution in [0.2, 0.25) is 5.02 Å². The van der Waals surface area contributed by atoms with Gasteiger partial charge in [0.05, 0.1) is 17.3 Å². The van der Waals surface area contributed by atoms with E-state index in [9.17, 15) is 14.4 Å². The Balaban J connectivity index is 2.00. The smallest absolute Gasteiger partial charge is 0.335 e. The number of rotatable bonds is 4. The SMILES string of the molecule is CCOc1ccc(/C=C2\C(=O)NC(=O)N(c3ccc(Br)cc3C)C2=O)cc1Cl. The van der Waals surface area contributed by atoms with Crippen LogP contribution in [-0.2, 0) is 9.59 Å². The maximum absolute atomic E-state index is 12.9. The Hall–Kier alpha value is -2.64. The number of hydrogen-bond donors (Lipinski definition) is 1. The highest BCUT2D eigenvalue weighted by Crippen LogP contribution is 2.29. The molecule has 2 aromatic carbocycles. The molecule has 1 fully saturated rings. The van der Waals surface area contributed by atoms with Crippen LogP contribution in [0.3, 0.4) is 0 Å². The number of aryl methyl sites for hydroxylation is 1. The molecule has 0 saturated carbocycles. The van der Waals surface area contributed by atoms with Crippen molar-refractivity contribution in [1.29, 1.82) is 0 Å². The quantitative estimate of drug-likeness (QED) is 0.536. The van der Waals surface area contributed by atoms with E-state index in [0.29, 0.717) is 34.2 Å². The summed E-state index contributed by atoms with van der Waals surface area (Å²) >= 11 is 9.52. The third-order valence-corrected chi connectivity index (χ3v) is 4.86. The van der Waals surface area contributed by atoms with Crippen LogP contribution in [0.15, 0.2) is 46.4 Å². The van der Waals surface area contributed by atoms with Gasteiger partial charge in [0.2, 0.25) is 0 Å². The molecule has 0 aliphatic carbocycles. The third-order valence-electron chi connectivity index (χ3n) is 4.07. The lowest BCUT2D eigenvalue weighted by Gasteiger charge is -2.27. The molecule has 2 aromatic rings.